The van der Waals surface area contributed by atoms with Crippen LogP contribution in [0.3, 0.4) is 0 Å². The minimum Gasteiger partial charge on any atom is -0.483 e. The van der Waals surface area contributed by atoms with E-state index in [1.54, 1.807) is 0 Å². The molecule has 0 radical (unpaired) electrons. The number of rotatable bonds is 8. The van der Waals surface area contributed by atoms with Crippen molar-refractivity contribution in [1.82, 2.24) is 14.8 Å². The van der Waals surface area contributed by atoms with Gasteiger partial charge in [-0.25, -0.2) is 0 Å². The lowest BCUT2D eigenvalue weighted by Crippen LogP contribution is -2.38. The summed E-state index contributed by atoms with van der Waals surface area (Å²) in [5.74, 6) is 1.82. The van der Waals surface area contributed by atoms with Crippen LogP contribution in [0.2, 0.25) is 0 Å². The summed E-state index contributed by atoms with van der Waals surface area (Å²) in [6.45, 7) is 5.96. The molecule has 3 aromatic rings. The molecule has 0 aliphatic carbocycles. The monoisotopic (exact) mass is 410 g/mol. The van der Waals surface area contributed by atoms with Gasteiger partial charge in [0.25, 0.3) is 0 Å². The van der Waals surface area contributed by atoms with Crippen LogP contribution in [0, 0.1) is 0 Å². The predicted octanol–water partition coefficient (Wildman–Crippen LogP) is 4.49. The molecule has 3 rings (SSSR count). The third-order valence-corrected chi connectivity index (χ3v) is 5.44. The molecule has 0 fully saturated rings. The number of aromatic nitrogens is 3. The fourth-order valence-electron chi connectivity index (χ4n) is 3.08. The third kappa shape index (κ3) is 5.17. The Hall–Kier alpha value is -2.80. The first-order valence-corrected chi connectivity index (χ1v) is 10.6. The number of anilines is 1. The van der Waals surface area contributed by atoms with Gasteiger partial charge in [-0.3, -0.25) is 4.79 Å². The second-order valence-corrected chi connectivity index (χ2v) is 7.90. The average molecular weight is 411 g/mol. The van der Waals surface area contributed by atoms with Gasteiger partial charge in [0.1, 0.15) is 5.75 Å². The highest BCUT2D eigenvalue weighted by molar-refractivity contribution is 7.99. The van der Waals surface area contributed by atoms with Crippen molar-refractivity contribution in [2.24, 2.45) is 7.05 Å². The Morgan fingerprint density at radius 3 is 2.28 bits per heavy atom. The summed E-state index contributed by atoms with van der Waals surface area (Å²) in [6.07, 6.45) is -0.253. The van der Waals surface area contributed by atoms with Gasteiger partial charge < -0.3 is 14.2 Å². The number of hydrogen-bond acceptors (Lipinski definition) is 5. The van der Waals surface area contributed by atoms with Crippen LogP contribution in [0.15, 0.2) is 65.8 Å². The minimum atomic E-state index is -0.253. The lowest BCUT2D eigenvalue weighted by atomic mass is 10.2. The number of amides is 1. The zero-order valence-corrected chi connectivity index (χ0v) is 18.0. The molecule has 1 atom stereocenters. The summed E-state index contributed by atoms with van der Waals surface area (Å²) in [5, 5.41) is 9.21. The lowest BCUT2D eigenvalue weighted by molar-refractivity contribution is -0.116. The Kier molecular flexibility index (Phi) is 6.93. The van der Waals surface area contributed by atoms with Crippen LogP contribution in [0.5, 0.6) is 5.75 Å². The summed E-state index contributed by atoms with van der Waals surface area (Å²) >= 11 is 1.38. The summed E-state index contributed by atoms with van der Waals surface area (Å²) in [7, 11) is 1.89. The number of thioether (sulfide) groups is 1. The van der Waals surface area contributed by atoms with E-state index in [-0.39, 0.29) is 23.8 Å². The van der Waals surface area contributed by atoms with Gasteiger partial charge in [0.15, 0.2) is 17.1 Å². The molecule has 2 aromatic carbocycles. The van der Waals surface area contributed by atoms with Gasteiger partial charge >= 0.3 is 0 Å². The molecule has 1 heterocycles. The SMILES string of the molecule is CC(Oc1ccccc1)c1nnc(SCC(=O)N(c2ccccc2)C(C)C)n1C. The summed E-state index contributed by atoms with van der Waals surface area (Å²) < 4.78 is 7.82. The van der Waals surface area contributed by atoms with Crippen molar-refractivity contribution in [2.75, 3.05) is 10.7 Å². The standard InChI is InChI=1S/C22H26N4O2S/c1-16(2)26(18-11-7-5-8-12-18)20(27)15-29-22-24-23-21(25(22)4)17(3)28-19-13-9-6-10-14-19/h5-14,16-17H,15H2,1-4H3. The second kappa shape index (κ2) is 9.60. The highest BCUT2D eigenvalue weighted by Gasteiger charge is 2.22. The first kappa shape index (κ1) is 20.9. The molecule has 6 nitrogen and oxygen atoms in total. The van der Waals surface area contributed by atoms with Crippen LogP contribution >= 0.6 is 11.8 Å². The Balaban J connectivity index is 1.66. The highest BCUT2D eigenvalue weighted by Crippen LogP contribution is 2.25. The van der Waals surface area contributed by atoms with E-state index in [2.05, 4.69) is 10.2 Å². The molecule has 29 heavy (non-hydrogen) atoms. The lowest BCUT2D eigenvalue weighted by Gasteiger charge is -2.26. The number of carbonyl (C=O) groups is 1. The van der Waals surface area contributed by atoms with Gasteiger partial charge in [-0.05, 0) is 45.0 Å². The van der Waals surface area contributed by atoms with E-state index in [1.807, 2.05) is 97.9 Å². The molecule has 7 heteroatoms. The van der Waals surface area contributed by atoms with Crippen molar-refractivity contribution >= 4 is 23.4 Å². The van der Waals surface area contributed by atoms with Gasteiger partial charge in [0.05, 0.1) is 5.75 Å². The molecule has 0 N–H and O–H groups in total. The smallest absolute Gasteiger partial charge is 0.237 e. The molecular weight excluding hydrogens is 384 g/mol. The quantitative estimate of drug-likeness (QED) is 0.512. The number of para-hydroxylation sites is 2. The molecule has 1 unspecified atom stereocenters. The van der Waals surface area contributed by atoms with Crippen LogP contribution in [-0.4, -0.2) is 32.5 Å². The molecule has 1 aromatic heterocycles. The van der Waals surface area contributed by atoms with Crippen molar-refractivity contribution in [3.63, 3.8) is 0 Å². The first-order valence-electron chi connectivity index (χ1n) is 9.58. The Labute approximate surface area is 175 Å². The molecular formula is C22H26N4O2S. The van der Waals surface area contributed by atoms with E-state index < -0.39 is 0 Å². The zero-order valence-electron chi connectivity index (χ0n) is 17.1. The van der Waals surface area contributed by atoms with Crippen molar-refractivity contribution < 1.29 is 9.53 Å². The molecule has 1 amide bonds. The number of hydrogen-bond donors (Lipinski definition) is 0. The van der Waals surface area contributed by atoms with Crippen molar-refractivity contribution in [1.29, 1.82) is 0 Å². The fraction of sp³-hybridized carbons (Fsp3) is 0.318. The van der Waals surface area contributed by atoms with Crippen LogP contribution in [0.25, 0.3) is 0 Å². The van der Waals surface area contributed by atoms with Crippen molar-refractivity contribution in [3.05, 3.63) is 66.5 Å². The van der Waals surface area contributed by atoms with Crippen molar-refractivity contribution in [3.8, 4) is 5.75 Å². The third-order valence-electron chi connectivity index (χ3n) is 4.43. The number of benzene rings is 2. The van der Waals surface area contributed by atoms with E-state index in [0.717, 1.165) is 11.4 Å². The van der Waals surface area contributed by atoms with Crippen LogP contribution in [0.1, 0.15) is 32.7 Å². The van der Waals surface area contributed by atoms with Gasteiger partial charge in [-0.15, -0.1) is 10.2 Å². The zero-order chi connectivity index (χ0) is 20.8. The molecule has 0 spiro atoms. The summed E-state index contributed by atoms with van der Waals surface area (Å²) in [6, 6.07) is 19.4. The predicted molar refractivity (Wildman–Crippen MR) is 116 cm³/mol. The van der Waals surface area contributed by atoms with Crippen molar-refractivity contribution in [2.45, 2.75) is 38.1 Å². The molecule has 0 saturated carbocycles. The maximum absolute atomic E-state index is 12.9. The number of nitrogens with zero attached hydrogens (tertiary/aromatic N) is 4. The van der Waals surface area contributed by atoms with Crippen LogP contribution in [0.4, 0.5) is 5.69 Å². The van der Waals surface area contributed by atoms with E-state index in [4.69, 9.17) is 4.74 Å². The van der Waals surface area contributed by atoms with E-state index in [9.17, 15) is 4.79 Å². The maximum atomic E-state index is 12.9. The molecule has 0 saturated heterocycles. The van der Waals surface area contributed by atoms with E-state index >= 15 is 0 Å². The number of ether oxygens (including phenoxy) is 1. The summed E-state index contributed by atoms with van der Waals surface area (Å²) in [5.41, 5.74) is 0.900. The van der Waals surface area contributed by atoms with Crippen LogP contribution in [-0.2, 0) is 11.8 Å². The number of carbonyl (C=O) groups excluding carboxylic acids is 1. The Morgan fingerprint density at radius 1 is 1.03 bits per heavy atom. The molecule has 0 aliphatic heterocycles. The fourth-order valence-corrected chi connectivity index (χ4v) is 3.85. The normalized spacial score (nSPS) is 12.0. The molecule has 0 aliphatic rings. The Morgan fingerprint density at radius 2 is 1.66 bits per heavy atom. The highest BCUT2D eigenvalue weighted by atomic mass is 32.2. The average Bonchev–Trinajstić information content (AvgIpc) is 3.08. The first-order chi connectivity index (χ1) is 14.0. The largest absolute Gasteiger partial charge is 0.483 e. The second-order valence-electron chi connectivity index (χ2n) is 6.95. The van der Waals surface area contributed by atoms with Gasteiger partial charge in [0, 0.05) is 18.8 Å². The van der Waals surface area contributed by atoms with Gasteiger partial charge in [-0.1, -0.05) is 48.2 Å². The molecule has 152 valence electrons. The van der Waals surface area contributed by atoms with Gasteiger partial charge in [-0.2, -0.15) is 0 Å². The van der Waals surface area contributed by atoms with Gasteiger partial charge in [0.2, 0.25) is 5.91 Å². The van der Waals surface area contributed by atoms with E-state index in [1.165, 1.54) is 11.8 Å². The van der Waals surface area contributed by atoms with Crippen LogP contribution < -0.4 is 9.64 Å². The Bertz CT molecular complexity index is 929. The molecule has 0 bridgehead atoms. The maximum Gasteiger partial charge on any atom is 0.237 e. The summed E-state index contributed by atoms with van der Waals surface area (Å²) in [4.78, 5) is 14.7. The topological polar surface area (TPSA) is 60.3 Å². The minimum absolute atomic E-state index is 0.0364. The van der Waals surface area contributed by atoms with E-state index in [0.29, 0.717) is 11.0 Å².